The maximum atomic E-state index is 12.6. The molecule has 1 aliphatic heterocycles. The number of rotatable bonds is 5. The Balaban J connectivity index is 1.67. The molecule has 2 heterocycles. The number of hydrogen-bond donors (Lipinski definition) is 1. The van der Waals surface area contributed by atoms with Crippen LogP contribution in [0.5, 0.6) is 0 Å². The lowest BCUT2D eigenvalue weighted by Crippen LogP contribution is -2.33. The van der Waals surface area contributed by atoms with E-state index in [1.165, 1.54) is 4.90 Å². The molecule has 0 spiro atoms. The smallest absolute Gasteiger partial charge is 0.325 e. The van der Waals surface area contributed by atoms with Gasteiger partial charge in [0.15, 0.2) is 0 Å². The van der Waals surface area contributed by atoms with Gasteiger partial charge in [0, 0.05) is 24.5 Å². The van der Waals surface area contributed by atoms with Crippen LogP contribution in [0.25, 0.3) is 11.3 Å². The number of ether oxygens (including phenoxy) is 1. The quantitative estimate of drug-likeness (QED) is 0.707. The van der Waals surface area contributed by atoms with Crippen LogP contribution in [0, 0.1) is 6.92 Å². The number of urea groups is 1. The molecule has 1 aromatic carbocycles. The van der Waals surface area contributed by atoms with Crippen molar-refractivity contribution in [1.29, 1.82) is 0 Å². The van der Waals surface area contributed by atoms with Crippen LogP contribution in [-0.2, 0) is 11.3 Å². The fraction of sp³-hybridized carbons (Fsp3) is 0.227. The Hall–Kier alpha value is -3.12. The summed E-state index contributed by atoms with van der Waals surface area (Å²) in [6.45, 7) is 6.29. The van der Waals surface area contributed by atoms with E-state index in [1.807, 2.05) is 57.2 Å². The maximum Gasteiger partial charge on any atom is 0.325 e. The van der Waals surface area contributed by atoms with Crippen LogP contribution in [0.15, 0.2) is 66.8 Å². The van der Waals surface area contributed by atoms with Crippen molar-refractivity contribution in [3.8, 4) is 11.3 Å². The normalized spacial score (nSPS) is 13.3. The molecule has 29 heavy (non-hydrogen) atoms. The molecule has 0 aliphatic carbocycles. The molecule has 3 rings (SSSR count). The number of nitrogens with one attached hydrogen (secondary N) is 1. The summed E-state index contributed by atoms with van der Waals surface area (Å²) in [5.74, 6) is 0.629. The number of carbonyl (C=O) groups is 1. The van der Waals surface area contributed by atoms with Gasteiger partial charge < -0.3 is 10.1 Å². The van der Waals surface area contributed by atoms with Crippen LogP contribution in [0.4, 0.5) is 4.79 Å². The second-order valence-corrected chi connectivity index (χ2v) is 7.15. The summed E-state index contributed by atoms with van der Waals surface area (Å²) < 4.78 is 5.69. The molecule has 0 unspecified atom stereocenters. The van der Waals surface area contributed by atoms with E-state index in [4.69, 9.17) is 16.3 Å². The number of nitrogens with zero attached hydrogens (tertiary/aromatic N) is 3. The highest BCUT2D eigenvalue weighted by atomic mass is 35.5. The zero-order valence-electron chi connectivity index (χ0n) is 16.6. The summed E-state index contributed by atoms with van der Waals surface area (Å²) in [4.78, 5) is 22.2. The van der Waals surface area contributed by atoms with E-state index in [-0.39, 0.29) is 17.4 Å². The fourth-order valence-electron chi connectivity index (χ4n) is 2.80. The molecule has 0 atom stereocenters. The van der Waals surface area contributed by atoms with Crippen LogP contribution >= 0.6 is 11.6 Å². The number of amides is 2. The highest BCUT2D eigenvalue weighted by Crippen LogP contribution is 2.21. The maximum absolute atomic E-state index is 12.6. The summed E-state index contributed by atoms with van der Waals surface area (Å²) in [5, 5.41) is 3.15. The molecule has 1 N–H and O–H groups in total. The molecule has 0 radical (unpaired) electrons. The van der Waals surface area contributed by atoms with E-state index in [2.05, 4.69) is 15.3 Å². The SMILES string of the molecule is Cc1cc(-c2ccnc(Cl)n2)ccc1CNC(=O)N1C=CC=CC(OC(C)C)=C1. The Kier molecular flexibility index (Phi) is 6.67. The van der Waals surface area contributed by atoms with Gasteiger partial charge >= 0.3 is 6.03 Å². The predicted molar refractivity (Wildman–Crippen MR) is 114 cm³/mol. The average Bonchev–Trinajstić information content (AvgIpc) is 2.92. The number of aromatic nitrogens is 2. The first-order valence-corrected chi connectivity index (χ1v) is 9.68. The lowest BCUT2D eigenvalue weighted by molar-refractivity contribution is 0.153. The third-order valence-electron chi connectivity index (χ3n) is 4.19. The Bertz CT molecular complexity index is 983. The van der Waals surface area contributed by atoms with Crippen molar-refractivity contribution in [3.05, 3.63) is 83.3 Å². The molecule has 0 fully saturated rings. The van der Waals surface area contributed by atoms with Crippen molar-refractivity contribution >= 4 is 17.6 Å². The first kappa shape index (κ1) is 20.6. The van der Waals surface area contributed by atoms with Crippen LogP contribution < -0.4 is 5.32 Å². The van der Waals surface area contributed by atoms with E-state index < -0.39 is 0 Å². The van der Waals surface area contributed by atoms with Gasteiger partial charge in [-0.3, -0.25) is 4.90 Å². The molecule has 0 bridgehead atoms. The topological polar surface area (TPSA) is 67.4 Å². The second kappa shape index (κ2) is 9.39. The summed E-state index contributed by atoms with van der Waals surface area (Å²) in [7, 11) is 0. The molecule has 1 aliphatic rings. The average molecular weight is 411 g/mol. The largest absolute Gasteiger partial charge is 0.489 e. The number of benzene rings is 1. The van der Waals surface area contributed by atoms with Crippen LogP contribution in [0.1, 0.15) is 25.0 Å². The Labute approximate surface area is 175 Å². The third kappa shape index (κ3) is 5.68. The van der Waals surface area contributed by atoms with E-state index in [1.54, 1.807) is 24.7 Å². The first-order valence-electron chi connectivity index (χ1n) is 9.30. The summed E-state index contributed by atoms with van der Waals surface area (Å²) in [5.41, 5.74) is 3.77. The molecular formula is C22H23ClN4O2. The minimum atomic E-state index is -0.235. The molecule has 1 aromatic heterocycles. The Morgan fingerprint density at radius 1 is 1.28 bits per heavy atom. The van der Waals surface area contributed by atoms with Crippen molar-refractivity contribution in [3.63, 3.8) is 0 Å². The lowest BCUT2D eigenvalue weighted by atomic mass is 10.0. The molecular weight excluding hydrogens is 388 g/mol. The van der Waals surface area contributed by atoms with E-state index in [0.29, 0.717) is 12.3 Å². The van der Waals surface area contributed by atoms with Crippen molar-refractivity contribution in [2.24, 2.45) is 0 Å². The van der Waals surface area contributed by atoms with E-state index in [9.17, 15) is 4.79 Å². The van der Waals surface area contributed by atoms with Gasteiger partial charge in [-0.2, -0.15) is 0 Å². The van der Waals surface area contributed by atoms with Gasteiger partial charge in [-0.15, -0.1) is 0 Å². The predicted octanol–water partition coefficient (Wildman–Crippen LogP) is 4.97. The summed E-state index contributed by atoms with van der Waals surface area (Å²) in [6.07, 6.45) is 10.5. The fourth-order valence-corrected chi connectivity index (χ4v) is 2.94. The van der Waals surface area contributed by atoms with E-state index in [0.717, 1.165) is 22.4 Å². The van der Waals surface area contributed by atoms with Gasteiger partial charge in [0.25, 0.3) is 0 Å². The second-order valence-electron chi connectivity index (χ2n) is 6.82. The van der Waals surface area contributed by atoms with E-state index >= 15 is 0 Å². The van der Waals surface area contributed by atoms with Gasteiger partial charge in [0.2, 0.25) is 5.28 Å². The molecule has 2 aromatic rings. The Morgan fingerprint density at radius 3 is 2.83 bits per heavy atom. The minimum absolute atomic E-state index is 0.0276. The van der Waals surface area contributed by atoms with Crippen molar-refractivity contribution < 1.29 is 9.53 Å². The van der Waals surface area contributed by atoms with Crippen molar-refractivity contribution in [1.82, 2.24) is 20.2 Å². The minimum Gasteiger partial charge on any atom is -0.489 e. The molecule has 0 saturated carbocycles. The zero-order chi connectivity index (χ0) is 20.8. The van der Waals surface area contributed by atoms with Gasteiger partial charge in [-0.1, -0.05) is 18.2 Å². The highest BCUT2D eigenvalue weighted by Gasteiger charge is 2.12. The number of allylic oxidation sites excluding steroid dienone is 3. The summed E-state index contributed by atoms with van der Waals surface area (Å²) in [6, 6.07) is 7.53. The molecule has 0 saturated heterocycles. The summed E-state index contributed by atoms with van der Waals surface area (Å²) >= 11 is 5.88. The lowest BCUT2D eigenvalue weighted by Gasteiger charge is -2.17. The van der Waals surface area contributed by atoms with Crippen LogP contribution in [0.2, 0.25) is 5.28 Å². The van der Waals surface area contributed by atoms with Crippen molar-refractivity contribution in [2.75, 3.05) is 0 Å². The van der Waals surface area contributed by atoms with Crippen LogP contribution in [-0.4, -0.2) is 27.0 Å². The zero-order valence-corrected chi connectivity index (χ0v) is 17.3. The molecule has 2 amide bonds. The highest BCUT2D eigenvalue weighted by molar-refractivity contribution is 6.28. The Morgan fingerprint density at radius 2 is 2.10 bits per heavy atom. The van der Waals surface area contributed by atoms with Gasteiger partial charge in [0.1, 0.15) is 5.76 Å². The molecule has 150 valence electrons. The third-order valence-corrected chi connectivity index (χ3v) is 4.37. The van der Waals surface area contributed by atoms with Gasteiger partial charge in [-0.25, -0.2) is 14.8 Å². The standard InChI is InChI=1S/C22H23ClN4O2/c1-15(2)29-19-6-4-5-11-27(14-19)22(28)25-13-18-8-7-17(12-16(18)3)20-9-10-24-21(23)26-20/h4-12,14-15H,13H2,1-3H3,(H,25,28). The number of aryl methyl sites for hydroxylation is 1. The van der Waals surface area contributed by atoms with Gasteiger partial charge in [0.05, 0.1) is 18.0 Å². The number of carbonyl (C=O) groups excluding carboxylic acids is 1. The molecule has 7 heteroatoms. The number of hydrogen-bond acceptors (Lipinski definition) is 4. The monoisotopic (exact) mass is 410 g/mol. The van der Waals surface area contributed by atoms with Gasteiger partial charge in [-0.05, 0) is 67.8 Å². The number of halogens is 1. The molecule has 6 nitrogen and oxygen atoms in total. The van der Waals surface area contributed by atoms with Crippen LogP contribution in [0.3, 0.4) is 0 Å². The first-order chi connectivity index (χ1) is 13.9. The van der Waals surface area contributed by atoms with Crippen molar-refractivity contribution in [2.45, 2.75) is 33.4 Å².